The van der Waals surface area contributed by atoms with Crippen molar-refractivity contribution in [3.8, 4) is 0 Å². The summed E-state index contributed by atoms with van der Waals surface area (Å²) in [6.07, 6.45) is 2.11. The molecule has 3 nitrogen and oxygen atoms in total. The Hall–Kier alpha value is -1.20. The molecule has 0 heterocycles. The summed E-state index contributed by atoms with van der Waals surface area (Å²) in [6.45, 7) is 4.38. The smallest absolute Gasteiger partial charge is 0.223 e. The van der Waals surface area contributed by atoms with Crippen LogP contribution in [0.25, 0.3) is 0 Å². The number of hydrogen-bond acceptors (Lipinski definition) is 2. The van der Waals surface area contributed by atoms with Crippen molar-refractivity contribution in [1.29, 1.82) is 0 Å². The summed E-state index contributed by atoms with van der Waals surface area (Å²) in [6, 6.07) is 4.10. The van der Waals surface area contributed by atoms with E-state index in [2.05, 4.69) is 5.32 Å². The molecule has 2 rings (SSSR count). The molecule has 1 saturated carbocycles. The minimum atomic E-state index is -0.864. The molecule has 0 aliphatic heterocycles. The molecule has 1 fully saturated rings. The normalized spacial score (nSPS) is 20.2. The number of nitrogens with one attached hydrogen (secondary N) is 1. The SMILES string of the molecule is CCC(N)(CC)CNC(=O)C1CC1c1cccc(F)c1F.Cl. The van der Waals surface area contributed by atoms with Crippen LogP contribution in [0.3, 0.4) is 0 Å². The van der Waals surface area contributed by atoms with Gasteiger partial charge in [-0.05, 0) is 36.8 Å². The lowest BCUT2D eigenvalue weighted by atomic mass is 9.94. The predicted molar refractivity (Wildman–Crippen MR) is 85.0 cm³/mol. The number of hydrogen-bond donors (Lipinski definition) is 2. The average Bonchev–Trinajstić information content (AvgIpc) is 3.27. The van der Waals surface area contributed by atoms with Gasteiger partial charge in [0.2, 0.25) is 5.91 Å². The zero-order valence-electron chi connectivity index (χ0n) is 12.9. The van der Waals surface area contributed by atoms with Gasteiger partial charge in [-0.15, -0.1) is 12.4 Å². The Morgan fingerprint density at radius 2 is 2.00 bits per heavy atom. The Labute approximate surface area is 136 Å². The van der Waals surface area contributed by atoms with Gasteiger partial charge in [0.15, 0.2) is 11.6 Å². The van der Waals surface area contributed by atoms with Gasteiger partial charge in [-0.1, -0.05) is 26.0 Å². The van der Waals surface area contributed by atoms with E-state index in [0.29, 0.717) is 18.5 Å². The van der Waals surface area contributed by atoms with Crippen molar-refractivity contribution in [3.05, 3.63) is 35.4 Å². The van der Waals surface area contributed by atoms with Crippen molar-refractivity contribution < 1.29 is 13.6 Å². The van der Waals surface area contributed by atoms with Crippen molar-refractivity contribution in [3.63, 3.8) is 0 Å². The van der Waals surface area contributed by atoms with Gasteiger partial charge in [-0.2, -0.15) is 0 Å². The van der Waals surface area contributed by atoms with E-state index < -0.39 is 17.2 Å². The number of benzene rings is 1. The molecule has 1 amide bonds. The lowest BCUT2D eigenvalue weighted by Gasteiger charge is -2.26. The minimum absolute atomic E-state index is 0. The first-order chi connectivity index (χ1) is 9.91. The number of amides is 1. The van der Waals surface area contributed by atoms with Crippen LogP contribution in [0.1, 0.15) is 44.6 Å². The third-order valence-corrected chi connectivity index (χ3v) is 4.53. The third-order valence-electron chi connectivity index (χ3n) is 4.53. The van der Waals surface area contributed by atoms with E-state index in [1.54, 1.807) is 6.07 Å². The van der Waals surface area contributed by atoms with Crippen LogP contribution in [0, 0.1) is 17.6 Å². The molecule has 0 bridgehead atoms. The molecule has 0 aromatic heterocycles. The molecular weight excluding hydrogens is 310 g/mol. The topological polar surface area (TPSA) is 55.1 Å². The fraction of sp³-hybridized carbons (Fsp3) is 0.562. The highest BCUT2D eigenvalue weighted by atomic mass is 35.5. The van der Waals surface area contributed by atoms with Gasteiger partial charge in [-0.3, -0.25) is 4.79 Å². The van der Waals surface area contributed by atoms with E-state index in [9.17, 15) is 13.6 Å². The monoisotopic (exact) mass is 332 g/mol. The quantitative estimate of drug-likeness (QED) is 0.841. The molecule has 0 spiro atoms. The molecule has 22 heavy (non-hydrogen) atoms. The van der Waals surface area contributed by atoms with Crippen molar-refractivity contribution >= 4 is 18.3 Å². The number of carbonyl (C=O) groups is 1. The highest BCUT2D eigenvalue weighted by Gasteiger charge is 2.45. The zero-order valence-corrected chi connectivity index (χ0v) is 13.7. The summed E-state index contributed by atoms with van der Waals surface area (Å²) < 4.78 is 26.9. The van der Waals surface area contributed by atoms with Gasteiger partial charge in [0.1, 0.15) is 0 Å². The van der Waals surface area contributed by atoms with Gasteiger partial charge in [0.05, 0.1) is 0 Å². The summed E-state index contributed by atoms with van der Waals surface area (Å²) in [4.78, 5) is 12.1. The van der Waals surface area contributed by atoms with E-state index in [-0.39, 0.29) is 30.2 Å². The summed E-state index contributed by atoms with van der Waals surface area (Å²) in [7, 11) is 0. The van der Waals surface area contributed by atoms with E-state index in [4.69, 9.17) is 5.73 Å². The number of rotatable bonds is 6. The number of halogens is 3. The maximum Gasteiger partial charge on any atom is 0.223 e. The van der Waals surface area contributed by atoms with E-state index in [1.165, 1.54) is 6.07 Å². The minimum Gasteiger partial charge on any atom is -0.354 e. The largest absolute Gasteiger partial charge is 0.354 e. The van der Waals surface area contributed by atoms with Gasteiger partial charge < -0.3 is 11.1 Å². The summed E-state index contributed by atoms with van der Waals surface area (Å²) >= 11 is 0. The van der Waals surface area contributed by atoms with Crippen LogP contribution in [-0.4, -0.2) is 18.0 Å². The van der Waals surface area contributed by atoms with E-state index in [0.717, 1.165) is 18.9 Å². The molecule has 124 valence electrons. The Kier molecular flexibility index (Phi) is 6.32. The first-order valence-corrected chi connectivity index (χ1v) is 7.42. The molecule has 1 aliphatic rings. The lowest BCUT2D eigenvalue weighted by Crippen LogP contribution is -2.49. The third kappa shape index (κ3) is 3.96. The van der Waals surface area contributed by atoms with Crippen molar-refractivity contribution in [2.45, 2.75) is 44.6 Å². The zero-order chi connectivity index (χ0) is 15.6. The number of carbonyl (C=O) groups excluding carboxylic acids is 1. The average molecular weight is 333 g/mol. The maximum atomic E-state index is 13.7. The fourth-order valence-corrected chi connectivity index (χ4v) is 2.53. The fourth-order valence-electron chi connectivity index (χ4n) is 2.53. The van der Waals surface area contributed by atoms with Gasteiger partial charge in [-0.25, -0.2) is 8.78 Å². The Morgan fingerprint density at radius 3 is 2.59 bits per heavy atom. The molecule has 1 aromatic rings. The van der Waals surface area contributed by atoms with Crippen LogP contribution in [0.4, 0.5) is 8.78 Å². The van der Waals surface area contributed by atoms with Crippen LogP contribution >= 0.6 is 12.4 Å². The molecule has 1 aromatic carbocycles. The summed E-state index contributed by atoms with van der Waals surface area (Å²) in [5.74, 6) is -2.33. The van der Waals surface area contributed by atoms with Crippen LogP contribution in [0.2, 0.25) is 0 Å². The molecule has 3 N–H and O–H groups in total. The van der Waals surface area contributed by atoms with Crippen molar-refractivity contribution in [1.82, 2.24) is 5.32 Å². The Morgan fingerprint density at radius 1 is 1.36 bits per heavy atom. The van der Waals surface area contributed by atoms with Crippen LogP contribution in [0.5, 0.6) is 0 Å². The van der Waals surface area contributed by atoms with E-state index >= 15 is 0 Å². The first kappa shape index (κ1) is 18.8. The standard InChI is InChI=1S/C16H22F2N2O.ClH/c1-3-16(19,4-2)9-20-15(21)12-8-11(12)10-6-5-7-13(17)14(10)18;/h5-7,11-12H,3-4,8-9,19H2,1-2H3,(H,20,21);1H. The highest BCUT2D eigenvalue weighted by molar-refractivity contribution is 5.85. The van der Waals surface area contributed by atoms with Crippen LogP contribution in [-0.2, 0) is 4.79 Å². The van der Waals surface area contributed by atoms with Crippen molar-refractivity contribution in [2.24, 2.45) is 11.7 Å². The first-order valence-electron chi connectivity index (χ1n) is 7.42. The molecule has 2 atom stereocenters. The molecule has 6 heteroatoms. The second-order valence-electron chi connectivity index (χ2n) is 5.88. The predicted octanol–water partition coefficient (Wildman–Crippen LogP) is 3.12. The van der Waals surface area contributed by atoms with Gasteiger partial charge >= 0.3 is 0 Å². The van der Waals surface area contributed by atoms with Crippen LogP contribution < -0.4 is 11.1 Å². The molecule has 2 unspecified atom stereocenters. The Bertz CT molecular complexity index is 535. The van der Waals surface area contributed by atoms with Gasteiger partial charge in [0.25, 0.3) is 0 Å². The second-order valence-corrected chi connectivity index (χ2v) is 5.88. The number of nitrogens with two attached hydrogens (primary N) is 1. The second kappa shape index (κ2) is 7.38. The van der Waals surface area contributed by atoms with Crippen LogP contribution in [0.15, 0.2) is 18.2 Å². The van der Waals surface area contributed by atoms with Gasteiger partial charge in [0, 0.05) is 18.0 Å². The highest BCUT2D eigenvalue weighted by Crippen LogP contribution is 2.48. The lowest BCUT2D eigenvalue weighted by molar-refractivity contribution is -0.122. The molecule has 0 radical (unpaired) electrons. The van der Waals surface area contributed by atoms with E-state index in [1.807, 2.05) is 13.8 Å². The van der Waals surface area contributed by atoms with Crippen molar-refractivity contribution in [2.75, 3.05) is 6.54 Å². The Balaban J connectivity index is 0.00000242. The molecule has 0 saturated heterocycles. The molecule has 1 aliphatic carbocycles. The summed E-state index contributed by atoms with van der Waals surface area (Å²) in [5, 5.41) is 2.84. The summed E-state index contributed by atoms with van der Waals surface area (Å²) in [5.41, 5.74) is 6.02. The molecular formula is C16H23ClF2N2O. The maximum absolute atomic E-state index is 13.7.